The third-order valence-electron chi connectivity index (χ3n) is 9.59. The van der Waals surface area contributed by atoms with Crippen LogP contribution in [0.15, 0.2) is 42.5 Å². The van der Waals surface area contributed by atoms with Gasteiger partial charge in [0.2, 0.25) is 5.91 Å². The van der Waals surface area contributed by atoms with Crippen molar-refractivity contribution in [3.8, 4) is 0 Å². The summed E-state index contributed by atoms with van der Waals surface area (Å²) in [5.74, 6) is -0.251. The molecule has 1 amide bonds. The molecule has 48 heavy (non-hydrogen) atoms. The highest BCUT2D eigenvalue weighted by atomic mass is 16.5. The topological polar surface area (TPSA) is 160 Å². The van der Waals surface area contributed by atoms with Crippen molar-refractivity contribution in [1.29, 1.82) is 0 Å². The zero-order chi connectivity index (χ0) is 35.0. The molecule has 1 aromatic carbocycles. The van der Waals surface area contributed by atoms with Crippen LogP contribution in [0.3, 0.4) is 0 Å². The lowest BCUT2D eigenvalue weighted by Crippen LogP contribution is -2.58. The number of rotatable bonds is 27. The van der Waals surface area contributed by atoms with Crippen molar-refractivity contribution in [1.82, 2.24) is 5.32 Å². The van der Waals surface area contributed by atoms with Gasteiger partial charge in [-0.05, 0) is 31.2 Å². The minimum absolute atomic E-state index is 0.251. The molecule has 276 valence electrons. The van der Waals surface area contributed by atoms with Crippen molar-refractivity contribution in [2.24, 2.45) is 0 Å². The van der Waals surface area contributed by atoms with E-state index in [2.05, 4.69) is 36.5 Å². The molecule has 1 aromatic rings. The average molecular weight is 678 g/mol. The van der Waals surface area contributed by atoms with Crippen molar-refractivity contribution in [2.75, 3.05) is 6.61 Å². The number of carbonyl (C=O) groups is 1. The number of hydrogen-bond acceptors (Lipinski definition) is 8. The highest BCUT2D eigenvalue weighted by Crippen LogP contribution is 2.23. The van der Waals surface area contributed by atoms with Crippen LogP contribution < -0.4 is 5.32 Å². The fourth-order valence-corrected chi connectivity index (χ4v) is 6.42. The Kier molecular flexibility index (Phi) is 22.9. The fourth-order valence-electron chi connectivity index (χ4n) is 6.42. The minimum Gasteiger partial charge on any atom is -0.394 e. The van der Waals surface area contributed by atoms with E-state index in [0.29, 0.717) is 12.8 Å². The van der Waals surface area contributed by atoms with E-state index >= 15 is 0 Å². The molecule has 3 unspecified atom stereocenters. The number of nitrogens with one attached hydrogen (secondary N) is 1. The van der Waals surface area contributed by atoms with Gasteiger partial charge in [0, 0.05) is 6.42 Å². The summed E-state index contributed by atoms with van der Waals surface area (Å²) in [6.45, 7) is 1.68. The zero-order valence-corrected chi connectivity index (χ0v) is 29.5. The lowest BCUT2D eigenvalue weighted by Gasteiger charge is -2.39. The maximum atomic E-state index is 12.9. The van der Waals surface area contributed by atoms with E-state index < -0.39 is 55.4 Å². The second-order valence-corrected chi connectivity index (χ2v) is 13.8. The molecule has 9 heteroatoms. The first kappa shape index (κ1) is 42.3. The monoisotopic (exact) mass is 677 g/mol. The van der Waals surface area contributed by atoms with Crippen LogP contribution in [0.1, 0.15) is 134 Å². The van der Waals surface area contributed by atoms with Crippen LogP contribution in [-0.2, 0) is 16.0 Å². The summed E-state index contributed by atoms with van der Waals surface area (Å²) in [5.41, 5.74) is 1.33. The van der Waals surface area contributed by atoms with Gasteiger partial charge in [-0.2, -0.15) is 0 Å². The number of ether oxygens (including phenoxy) is 1. The maximum Gasteiger partial charge on any atom is 0.220 e. The van der Waals surface area contributed by atoms with Gasteiger partial charge in [0.15, 0.2) is 0 Å². The van der Waals surface area contributed by atoms with Gasteiger partial charge >= 0.3 is 0 Å². The number of amides is 1. The van der Waals surface area contributed by atoms with Gasteiger partial charge in [-0.25, -0.2) is 0 Å². The summed E-state index contributed by atoms with van der Waals surface area (Å²) < 4.78 is 5.56. The van der Waals surface area contributed by atoms with Gasteiger partial charge in [-0.1, -0.05) is 146 Å². The van der Waals surface area contributed by atoms with Gasteiger partial charge in [0.1, 0.15) is 36.6 Å². The van der Waals surface area contributed by atoms with Crippen LogP contribution in [0.5, 0.6) is 0 Å². The highest BCUT2D eigenvalue weighted by molar-refractivity contribution is 5.76. The first-order chi connectivity index (χ1) is 23.3. The molecule has 2 rings (SSSR count). The zero-order valence-electron chi connectivity index (χ0n) is 29.5. The molecule has 0 saturated carbocycles. The molecule has 1 heterocycles. The Morgan fingerprint density at radius 3 is 1.94 bits per heavy atom. The highest BCUT2D eigenvalue weighted by Gasteiger charge is 2.42. The van der Waals surface area contributed by atoms with E-state index in [1.807, 2.05) is 6.07 Å². The Bertz CT molecular complexity index is 961. The molecule has 0 aliphatic carbocycles. The van der Waals surface area contributed by atoms with Gasteiger partial charge in [-0.3, -0.25) is 4.79 Å². The van der Waals surface area contributed by atoms with Crippen molar-refractivity contribution in [3.05, 3.63) is 48.0 Å². The quantitative estimate of drug-likeness (QED) is 0.0490. The van der Waals surface area contributed by atoms with E-state index in [9.17, 15) is 35.4 Å². The van der Waals surface area contributed by atoms with Gasteiger partial charge < -0.3 is 40.7 Å². The van der Waals surface area contributed by atoms with E-state index in [1.165, 1.54) is 75.5 Å². The number of aryl methyl sites for hydroxylation is 1. The van der Waals surface area contributed by atoms with Crippen LogP contribution in [0.4, 0.5) is 0 Å². The fraction of sp³-hybridized carbons (Fsp3) is 0.769. The summed E-state index contributed by atoms with van der Waals surface area (Å²) in [6, 6.07) is 9.44. The molecule has 1 fully saturated rings. The van der Waals surface area contributed by atoms with Crippen molar-refractivity contribution < 1.29 is 40.2 Å². The van der Waals surface area contributed by atoms with Gasteiger partial charge in [-0.15, -0.1) is 0 Å². The lowest BCUT2D eigenvalue weighted by molar-refractivity contribution is -0.216. The largest absolute Gasteiger partial charge is 0.394 e. The standard InChI is InChI=1S/C39H67NO8/c1-2-3-4-5-6-7-8-9-10-11-14-20-25-32(42)36(44)31(27-28-33-37(45)39(47)38(46)34(29-41)48-33)40-35(43)26-21-15-12-13-17-22-30-23-18-16-19-24-30/h16,18-19,23-24,27-28,31-34,36-39,41-42,44-47H,2-15,17,20-22,25-26,29H2,1H3,(H,40,43)/b28-27+/t31-,32+,33+,34?,36-,37?,38-,39?/m0/s1. The molecule has 0 bridgehead atoms. The smallest absolute Gasteiger partial charge is 0.220 e. The number of benzene rings is 1. The van der Waals surface area contributed by atoms with E-state index in [-0.39, 0.29) is 12.3 Å². The van der Waals surface area contributed by atoms with E-state index in [0.717, 1.165) is 51.4 Å². The molecule has 1 aliphatic heterocycles. The predicted molar refractivity (Wildman–Crippen MR) is 190 cm³/mol. The predicted octanol–water partition coefficient (Wildman–Crippen LogP) is 5.27. The summed E-state index contributed by atoms with van der Waals surface area (Å²) in [4.78, 5) is 12.9. The third-order valence-corrected chi connectivity index (χ3v) is 9.59. The van der Waals surface area contributed by atoms with Crippen molar-refractivity contribution in [2.45, 2.75) is 184 Å². The summed E-state index contributed by atoms with van der Waals surface area (Å²) >= 11 is 0. The van der Waals surface area contributed by atoms with Crippen molar-refractivity contribution in [3.63, 3.8) is 0 Å². The molecule has 9 nitrogen and oxygen atoms in total. The number of aliphatic hydroxyl groups is 6. The van der Waals surface area contributed by atoms with E-state index in [1.54, 1.807) is 0 Å². The molecule has 1 saturated heterocycles. The molecule has 8 atom stereocenters. The Labute approximate surface area is 289 Å². The van der Waals surface area contributed by atoms with Crippen LogP contribution in [0.2, 0.25) is 0 Å². The molecule has 0 aromatic heterocycles. The third kappa shape index (κ3) is 17.2. The van der Waals surface area contributed by atoms with Crippen LogP contribution in [0.25, 0.3) is 0 Å². The lowest BCUT2D eigenvalue weighted by atomic mass is 9.93. The first-order valence-corrected chi connectivity index (χ1v) is 19.0. The second kappa shape index (κ2) is 26.0. The van der Waals surface area contributed by atoms with E-state index in [4.69, 9.17) is 4.74 Å². The number of aliphatic hydroxyl groups excluding tert-OH is 6. The maximum absolute atomic E-state index is 12.9. The molecule has 7 N–H and O–H groups in total. The van der Waals surface area contributed by atoms with Crippen LogP contribution >= 0.6 is 0 Å². The SMILES string of the molecule is CCCCCCCCCCCCCC[C@@H](O)[C@@H](O)[C@H](/C=C/[C@H]1OC(CO)[C@H](O)C(O)C1O)NC(=O)CCCCCCCc1ccccc1. The normalized spacial score (nSPS) is 23.3. The van der Waals surface area contributed by atoms with Crippen molar-refractivity contribution >= 4 is 5.91 Å². The molecule has 0 radical (unpaired) electrons. The number of hydrogen-bond donors (Lipinski definition) is 7. The summed E-state index contributed by atoms with van der Waals surface area (Å²) in [5, 5.41) is 65.0. The Morgan fingerprint density at radius 2 is 1.33 bits per heavy atom. The Morgan fingerprint density at radius 1 is 0.771 bits per heavy atom. The molecular formula is C39H67NO8. The molecule has 0 spiro atoms. The van der Waals surface area contributed by atoms with Gasteiger partial charge in [0.25, 0.3) is 0 Å². The van der Waals surface area contributed by atoms with Crippen LogP contribution in [-0.4, -0.2) is 91.9 Å². The number of unbranched alkanes of at least 4 members (excludes halogenated alkanes) is 15. The average Bonchev–Trinajstić information content (AvgIpc) is 3.09. The Hall–Kier alpha value is -1.85. The molecule has 1 aliphatic rings. The number of carbonyl (C=O) groups excluding carboxylic acids is 1. The molecular weight excluding hydrogens is 610 g/mol. The first-order valence-electron chi connectivity index (χ1n) is 19.0. The van der Waals surface area contributed by atoms with Crippen LogP contribution in [0, 0.1) is 0 Å². The summed E-state index contributed by atoms with van der Waals surface area (Å²) in [7, 11) is 0. The van der Waals surface area contributed by atoms with Gasteiger partial charge in [0.05, 0.1) is 18.8 Å². The minimum atomic E-state index is -1.53. The second-order valence-electron chi connectivity index (χ2n) is 13.8. The summed E-state index contributed by atoms with van der Waals surface area (Å²) in [6.07, 6.45) is 14.8. The Balaban J connectivity index is 1.80.